The molecule has 172 valence electrons. The van der Waals surface area contributed by atoms with Gasteiger partial charge in [-0.15, -0.1) is 0 Å². The second-order valence-corrected chi connectivity index (χ2v) is 11.9. The van der Waals surface area contributed by atoms with Gasteiger partial charge in [0.2, 0.25) is 15.7 Å². The molecule has 14 heteroatoms. The average Bonchev–Trinajstić information content (AvgIpc) is 3.09. The lowest BCUT2D eigenvalue weighted by molar-refractivity contribution is 0.00157. The summed E-state index contributed by atoms with van der Waals surface area (Å²) in [7, 11) is -9.39. The average molecular weight is 527 g/mol. The number of hydrogen-bond acceptors (Lipinski definition) is 6. The van der Waals surface area contributed by atoms with Crippen LogP contribution >= 0.6 is 23.2 Å². The number of β-amino-alcohol motifs (C(OH)–C–C–N with tert-alkyl or cyclic N) is 1. The van der Waals surface area contributed by atoms with Crippen molar-refractivity contribution in [2.24, 2.45) is 0 Å². The van der Waals surface area contributed by atoms with Crippen molar-refractivity contribution in [2.45, 2.75) is 20.6 Å². The van der Waals surface area contributed by atoms with Crippen LogP contribution in [0.5, 0.6) is 0 Å². The molecule has 3 rings (SSSR count). The van der Waals surface area contributed by atoms with Crippen LogP contribution in [0.2, 0.25) is 10.0 Å². The summed E-state index contributed by atoms with van der Waals surface area (Å²) in [5.74, 6) is -2.78. The van der Waals surface area contributed by atoms with Crippen LogP contribution in [0.1, 0.15) is 0 Å². The fourth-order valence-electron chi connectivity index (χ4n) is 3.35. The lowest BCUT2D eigenvalue weighted by Crippen LogP contribution is -2.49. The smallest absolute Gasteiger partial charge is 0.244 e. The Bertz CT molecular complexity index is 1350. The Hall–Kier alpha value is -1.85. The van der Waals surface area contributed by atoms with Crippen molar-refractivity contribution in [2.75, 3.05) is 19.7 Å². The van der Waals surface area contributed by atoms with Crippen molar-refractivity contribution >= 4 is 48.7 Å². The highest BCUT2D eigenvalue weighted by molar-refractivity contribution is 7.92. The van der Waals surface area contributed by atoms with Gasteiger partial charge in [0.1, 0.15) is 32.3 Å². The van der Waals surface area contributed by atoms with Crippen molar-refractivity contribution < 1.29 is 35.8 Å². The molecule has 32 heavy (non-hydrogen) atoms. The third-order valence-corrected chi connectivity index (χ3v) is 9.80. The molecule has 1 fully saturated rings. The van der Waals surface area contributed by atoms with E-state index in [0.29, 0.717) is 10.4 Å². The summed E-state index contributed by atoms with van der Waals surface area (Å²) < 4.78 is 81.2. The quantitative estimate of drug-likeness (QED) is 0.577. The topological polar surface area (TPSA) is 116 Å². The molecule has 0 aliphatic carbocycles. The van der Waals surface area contributed by atoms with Crippen molar-refractivity contribution in [3.8, 4) is 0 Å². The molecule has 0 amide bonds. The van der Waals surface area contributed by atoms with E-state index in [1.54, 1.807) is 0 Å². The number of aliphatic hydroxyl groups excluding tert-OH is 1. The molecule has 0 aromatic heterocycles. The lowest BCUT2D eigenvalue weighted by Gasteiger charge is -2.26. The zero-order chi connectivity index (χ0) is 24.1. The Morgan fingerprint density at radius 1 is 1.12 bits per heavy atom. The number of halogens is 4. The van der Waals surface area contributed by atoms with Crippen molar-refractivity contribution in [3.63, 3.8) is 0 Å². The minimum atomic E-state index is -4.92. The largest absolute Gasteiger partial charge is 0.393 e. The molecule has 2 aromatic rings. The molecule has 0 saturated carbocycles. The fourth-order valence-corrected chi connectivity index (χ4v) is 7.71. The minimum absolute atomic E-state index is 0.142. The Morgan fingerprint density at radius 2 is 1.78 bits per heavy atom. The second-order valence-electron chi connectivity index (χ2n) is 7.01. The zero-order valence-electron chi connectivity index (χ0n) is 15.8. The van der Waals surface area contributed by atoms with E-state index >= 15 is 0 Å². The first-order valence-electron chi connectivity index (χ1n) is 8.67. The molecule has 0 unspecified atom stereocenters. The van der Waals surface area contributed by atoms with Gasteiger partial charge in [0.25, 0.3) is 0 Å². The lowest BCUT2D eigenvalue weighted by atomic mass is 10.1. The van der Waals surface area contributed by atoms with Gasteiger partial charge >= 0.3 is 0 Å². The molecule has 0 bridgehead atoms. The van der Waals surface area contributed by atoms with Gasteiger partial charge in [0, 0.05) is 18.1 Å². The number of benzene rings is 2. The standard InChI is InChI=1S/C18H14Cl2F2N2O6S2/c1-23-14-5-13(22)16(6-12(14)21)31(27,28)17-7-24(8-18(17,26)9-25)32(29,30)15-3-2-10(19)4-11(15)20/h2-6,17,25-26H,7-9H2/t17-,18+/m0/s1. The first-order valence-corrected chi connectivity index (χ1v) is 12.4. The van der Waals surface area contributed by atoms with Crippen molar-refractivity contribution in [1.82, 2.24) is 4.31 Å². The molecule has 2 aromatic carbocycles. The fraction of sp³-hybridized carbons (Fsp3) is 0.278. The van der Waals surface area contributed by atoms with E-state index in [1.807, 2.05) is 0 Å². The number of sulfone groups is 1. The number of rotatable bonds is 5. The number of sulfonamides is 1. The molecule has 0 radical (unpaired) electrons. The van der Waals surface area contributed by atoms with E-state index in [9.17, 15) is 35.8 Å². The summed E-state index contributed by atoms with van der Waals surface area (Å²) in [6.07, 6.45) is 0. The predicted molar refractivity (Wildman–Crippen MR) is 111 cm³/mol. The Balaban J connectivity index is 2.09. The summed E-state index contributed by atoms with van der Waals surface area (Å²) in [6.45, 7) is 3.84. The van der Waals surface area contributed by atoms with Crippen LogP contribution in [-0.4, -0.2) is 61.9 Å². The Morgan fingerprint density at radius 3 is 2.34 bits per heavy atom. The second kappa shape index (κ2) is 8.49. The SMILES string of the molecule is [C-]#[N+]c1cc(F)c(S(=O)(=O)[C@H]2CN(S(=O)(=O)c3ccc(Cl)cc3Cl)C[C@@]2(O)CO)cc1F. The Labute approximate surface area is 192 Å². The molecule has 2 atom stereocenters. The van der Waals surface area contributed by atoms with E-state index < -0.39 is 77.5 Å². The third-order valence-electron chi connectivity index (χ3n) is 5.01. The minimum Gasteiger partial charge on any atom is -0.393 e. The summed E-state index contributed by atoms with van der Waals surface area (Å²) >= 11 is 11.7. The molecule has 8 nitrogen and oxygen atoms in total. The van der Waals surface area contributed by atoms with E-state index in [4.69, 9.17) is 29.8 Å². The number of nitrogens with zero attached hydrogens (tertiary/aromatic N) is 2. The third kappa shape index (κ3) is 4.10. The van der Waals surface area contributed by atoms with Crippen LogP contribution in [0.4, 0.5) is 14.5 Å². The first-order chi connectivity index (χ1) is 14.8. The van der Waals surface area contributed by atoms with E-state index in [0.717, 1.165) is 12.1 Å². The summed E-state index contributed by atoms with van der Waals surface area (Å²) in [6, 6.07) is 4.13. The molecular weight excluding hydrogens is 513 g/mol. The Kier molecular flexibility index (Phi) is 6.58. The van der Waals surface area contributed by atoms with Crippen LogP contribution in [0.15, 0.2) is 40.1 Å². The van der Waals surface area contributed by atoms with Crippen LogP contribution in [0, 0.1) is 18.2 Å². The summed E-state index contributed by atoms with van der Waals surface area (Å²) in [5, 5.41) is 18.3. The highest BCUT2D eigenvalue weighted by atomic mass is 35.5. The molecule has 1 aliphatic rings. The van der Waals surface area contributed by atoms with Gasteiger partial charge in [0.05, 0.1) is 18.2 Å². The van der Waals surface area contributed by atoms with E-state index in [2.05, 4.69) is 4.85 Å². The highest BCUT2D eigenvalue weighted by Crippen LogP contribution is 2.38. The van der Waals surface area contributed by atoms with Gasteiger partial charge in [-0.2, -0.15) is 4.31 Å². The molecule has 1 heterocycles. The first kappa shape index (κ1) is 24.8. The van der Waals surface area contributed by atoms with E-state index in [1.165, 1.54) is 6.07 Å². The maximum Gasteiger partial charge on any atom is 0.244 e. The van der Waals surface area contributed by atoms with Crippen LogP contribution in [0.3, 0.4) is 0 Å². The van der Waals surface area contributed by atoms with Crippen LogP contribution in [-0.2, 0) is 19.9 Å². The maximum absolute atomic E-state index is 14.4. The van der Waals surface area contributed by atoms with Gasteiger partial charge in [0.15, 0.2) is 9.84 Å². The van der Waals surface area contributed by atoms with E-state index in [-0.39, 0.29) is 16.1 Å². The maximum atomic E-state index is 14.4. The van der Waals surface area contributed by atoms with Crippen LogP contribution < -0.4 is 0 Å². The van der Waals surface area contributed by atoms with Gasteiger partial charge in [-0.3, -0.25) is 0 Å². The zero-order valence-corrected chi connectivity index (χ0v) is 19.0. The van der Waals surface area contributed by atoms with Gasteiger partial charge in [-0.05, 0) is 30.3 Å². The molecule has 0 spiro atoms. The van der Waals surface area contributed by atoms with Gasteiger partial charge in [-0.25, -0.2) is 30.5 Å². The highest BCUT2D eigenvalue weighted by Gasteiger charge is 2.55. The van der Waals surface area contributed by atoms with Gasteiger partial charge < -0.3 is 10.2 Å². The van der Waals surface area contributed by atoms with Crippen LogP contribution in [0.25, 0.3) is 4.85 Å². The monoisotopic (exact) mass is 526 g/mol. The number of hydrogen-bond donors (Lipinski definition) is 2. The van der Waals surface area contributed by atoms with Crippen molar-refractivity contribution in [1.29, 1.82) is 0 Å². The normalized spacial score (nSPS) is 22.1. The molecule has 1 saturated heterocycles. The molecule has 2 N–H and O–H groups in total. The molecule has 1 aliphatic heterocycles. The number of aliphatic hydroxyl groups is 2. The van der Waals surface area contributed by atoms with Crippen molar-refractivity contribution in [3.05, 3.63) is 63.4 Å². The summed E-state index contributed by atoms with van der Waals surface area (Å²) in [5.41, 5.74) is -3.29. The van der Waals surface area contributed by atoms with Gasteiger partial charge in [-0.1, -0.05) is 23.2 Å². The summed E-state index contributed by atoms with van der Waals surface area (Å²) in [4.78, 5) is 1.12. The molecular formula is C18H14Cl2F2N2O6S2. The predicted octanol–water partition coefficient (Wildman–Crippen LogP) is 2.39.